The average Bonchev–Trinajstić information content (AvgIpc) is 3.15. The number of likely N-dealkylation sites (tertiary alicyclic amines) is 1. The maximum atomic E-state index is 11.8. The van der Waals surface area contributed by atoms with Crippen molar-refractivity contribution in [2.45, 2.75) is 32.7 Å². The minimum Gasteiger partial charge on any atom is -0.497 e. The van der Waals surface area contributed by atoms with Crippen molar-refractivity contribution in [3.05, 3.63) is 59.3 Å². The van der Waals surface area contributed by atoms with E-state index in [1.165, 1.54) is 18.4 Å². The Hall–Kier alpha value is -2.99. The van der Waals surface area contributed by atoms with Gasteiger partial charge in [0.15, 0.2) is 0 Å². The fourth-order valence-electron chi connectivity index (χ4n) is 4.64. The fraction of sp³-hybridized carbons (Fsp3) is 0.400. The summed E-state index contributed by atoms with van der Waals surface area (Å²) in [7, 11) is 1.62. The molecule has 0 aliphatic carbocycles. The van der Waals surface area contributed by atoms with Crippen molar-refractivity contribution < 1.29 is 14.6 Å². The molecule has 2 aromatic carbocycles. The maximum absolute atomic E-state index is 11.8. The SMILES string of the molecule is COc1cc(C)c2c(NCCC3CCN(Cc4ccccc4)CC3)c(C(=O)O)[nH]c2c1. The van der Waals surface area contributed by atoms with Crippen LogP contribution >= 0.6 is 0 Å². The summed E-state index contributed by atoms with van der Waals surface area (Å²) in [5.74, 6) is 0.433. The first kappa shape index (κ1) is 21.2. The third-order valence-corrected chi connectivity index (χ3v) is 6.33. The Morgan fingerprint density at radius 2 is 1.97 bits per heavy atom. The summed E-state index contributed by atoms with van der Waals surface area (Å²) >= 11 is 0. The number of benzene rings is 2. The Labute approximate surface area is 183 Å². The summed E-state index contributed by atoms with van der Waals surface area (Å²) in [5.41, 5.74) is 4.05. The first-order chi connectivity index (χ1) is 15.0. The molecule has 3 N–H and O–H groups in total. The highest BCUT2D eigenvalue weighted by atomic mass is 16.5. The predicted octanol–water partition coefficient (Wildman–Crippen LogP) is 4.90. The highest BCUT2D eigenvalue weighted by molar-refractivity contribution is 6.07. The van der Waals surface area contributed by atoms with Gasteiger partial charge in [0.05, 0.1) is 18.3 Å². The largest absolute Gasteiger partial charge is 0.497 e. The van der Waals surface area contributed by atoms with Crippen LogP contribution in [-0.2, 0) is 6.54 Å². The third-order valence-electron chi connectivity index (χ3n) is 6.33. The Morgan fingerprint density at radius 3 is 2.65 bits per heavy atom. The van der Waals surface area contributed by atoms with Gasteiger partial charge >= 0.3 is 5.97 Å². The van der Waals surface area contributed by atoms with Crippen molar-refractivity contribution in [1.29, 1.82) is 0 Å². The number of aryl methyl sites for hydroxylation is 1. The molecule has 0 spiro atoms. The van der Waals surface area contributed by atoms with Crippen LogP contribution in [0.1, 0.15) is 40.9 Å². The van der Waals surface area contributed by atoms with Crippen LogP contribution in [0.5, 0.6) is 5.75 Å². The monoisotopic (exact) mass is 421 g/mol. The van der Waals surface area contributed by atoms with Crippen molar-refractivity contribution in [1.82, 2.24) is 9.88 Å². The summed E-state index contributed by atoms with van der Waals surface area (Å²) in [4.78, 5) is 17.4. The molecule has 31 heavy (non-hydrogen) atoms. The number of piperidine rings is 1. The van der Waals surface area contributed by atoms with Gasteiger partial charge in [-0.1, -0.05) is 30.3 Å². The van der Waals surface area contributed by atoms with Gasteiger partial charge in [0.25, 0.3) is 0 Å². The predicted molar refractivity (Wildman–Crippen MR) is 124 cm³/mol. The minimum atomic E-state index is -0.953. The van der Waals surface area contributed by atoms with Gasteiger partial charge in [0, 0.05) is 24.5 Å². The molecule has 0 radical (unpaired) electrons. The topological polar surface area (TPSA) is 77.6 Å². The van der Waals surface area contributed by atoms with Gasteiger partial charge in [-0.25, -0.2) is 4.79 Å². The van der Waals surface area contributed by atoms with Gasteiger partial charge in [0.1, 0.15) is 11.4 Å². The summed E-state index contributed by atoms with van der Waals surface area (Å²) in [6, 6.07) is 14.4. The molecule has 1 aliphatic heterocycles. The van der Waals surface area contributed by atoms with E-state index in [4.69, 9.17) is 4.74 Å². The molecule has 1 aliphatic rings. The molecular formula is C25H31N3O3. The molecule has 0 bridgehead atoms. The Kier molecular flexibility index (Phi) is 6.47. The van der Waals surface area contributed by atoms with Crippen molar-refractivity contribution in [3.8, 4) is 5.75 Å². The van der Waals surface area contributed by atoms with E-state index in [2.05, 4.69) is 45.5 Å². The molecule has 6 nitrogen and oxygen atoms in total. The van der Waals surface area contributed by atoms with Crippen LogP contribution < -0.4 is 10.1 Å². The van der Waals surface area contributed by atoms with Gasteiger partial charge in [0.2, 0.25) is 0 Å². The lowest BCUT2D eigenvalue weighted by Crippen LogP contribution is -2.33. The number of ether oxygens (including phenoxy) is 1. The molecule has 2 heterocycles. The number of anilines is 1. The number of aromatic nitrogens is 1. The second-order valence-electron chi connectivity index (χ2n) is 8.47. The summed E-state index contributed by atoms with van der Waals surface area (Å²) in [6.07, 6.45) is 3.41. The number of aromatic carboxylic acids is 1. The second-order valence-corrected chi connectivity index (χ2v) is 8.47. The molecule has 3 aromatic rings. The van der Waals surface area contributed by atoms with E-state index in [-0.39, 0.29) is 5.69 Å². The quantitative estimate of drug-likeness (QED) is 0.482. The Morgan fingerprint density at radius 1 is 1.23 bits per heavy atom. The van der Waals surface area contributed by atoms with Gasteiger partial charge in [-0.3, -0.25) is 4.90 Å². The van der Waals surface area contributed by atoms with E-state index in [1.54, 1.807) is 7.11 Å². The molecule has 0 unspecified atom stereocenters. The van der Waals surface area contributed by atoms with Gasteiger partial charge in [-0.05, 0) is 62.4 Å². The number of carboxylic acid groups (broad SMARTS) is 1. The fourth-order valence-corrected chi connectivity index (χ4v) is 4.64. The normalized spacial score (nSPS) is 15.3. The number of rotatable bonds is 8. The molecule has 6 heteroatoms. The molecule has 1 aromatic heterocycles. The number of H-pyrrole nitrogens is 1. The zero-order chi connectivity index (χ0) is 21.8. The van der Waals surface area contributed by atoms with E-state index >= 15 is 0 Å². The lowest BCUT2D eigenvalue weighted by Gasteiger charge is -2.32. The molecular weight excluding hydrogens is 390 g/mol. The van der Waals surface area contributed by atoms with Crippen LogP contribution in [0.25, 0.3) is 10.9 Å². The van der Waals surface area contributed by atoms with Crippen LogP contribution in [0.2, 0.25) is 0 Å². The van der Waals surface area contributed by atoms with Crippen molar-refractivity contribution in [3.63, 3.8) is 0 Å². The van der Waals surface area contributed by atoms with Crippen LogP contribution in [0, 0.1) is 12.8 Å². The highest BCUT2D eigenvalue weighted by Gasteiger charge is 2.21. The highest BCUT2D eigenvalue weighted by Crippen LogP contribution is 2.34. The van der Waals surface area contributed by atoms with Crippen LogP contribution in [0.15, 0.2) is 42.5 Å². The number of carbonyl (C=O) groups is 1. The smallest absolute Gasteiger partial charge is 0.354 e. The first-order valence-corrected chi connectivity index (χ1v) is 11.0. The number of nitrogens with one attached hydrogen (secondary N) is 2. The molecule has 0 saturated carbocycles. The minimum absolute atomic E-state index is 0.212. The zero-order valence-electron chi connectivity index (χ0n) is 18.3. The number of nitrogens with zero attached hydrogens (tertiary/aromatic N) is 1. The van der Waals surface area contributed by atoms with Crippen LogP contribution in [0.4, 0.5) is 5.69 Å². The van der Waals surface area contributed by atoms with Crippen LogP contribution in [-0.4, -0.2) is 47.7 Å². The lowest BCUT2D eigenvalue weighted by molar-refractivity contribution is 0.0692. The van der Waals surface area contributed by atoms with E-state index < -0.39 is 5.97 Å². The van der Waals surface area contributed by atoms with Crippen molar-refractivity contribution in [2.75, 3.05) is 32.1 Å². The molecule has 0 atom stereocenters. The second kappa shape index (κ2) is 9.43. The van der Waals surface area contributed by atoms with Crippen molar-refractivity contribution in [2.24, 2.45) is 5.92 Å². The summed E-state index contributed by atoms with van der Waals surface area (Å²) in [5, 5.41) is 14.0. The maximum Gasteiger partial charge on any atom is 0.354 e. The third kappa shape index (κ3) is 4.85. The van der Waals surface area contributed by atoms with Gasteiger partial charge < -0.3 is 20.1 Å². The standard InChI is InChI=1S/C25H31N3O3/c1-17-14-20(31-2)15-21-22(17)23(24(27-21)25(29)30)26-11-8-18-9-12-28(13-10-18)16-19-6-4-3-5-7-19/h3-7,14-15,18,26-27H,8-13,16H2,1-2H3,(H,29,30). The number of aromatic amines is 1. The summed E-state index contributed by atoms with van der Waals surface area (Å²) in [6.45, 7) is 6.00. The van der Waals surface area contributed by atoms with E-state index in [1.807, 2.05) is 19.1 Å². The Bertz CT molecular complexity index is 1040. The number of hydrogen-bond acceptors (Lipinski definition) is 4. The van der Waals surface area contributed by atoms with E-state index in [9.17, 15) is 9.90 Å². The number of methoxy groups -OCH3 is 1. The number of carboxylic acids is 1. The van der Waals surface area contributed by atoms with E-state index in [0.29, 0.717) is 11.6 Å². The average molecular weight is 422 g/mol. The summed E-state index contributed by atoms with van der Waals surface area (Å²) < 4.78 is 5.33. The van der Waals surface area contributed by atoms with Gasteiger partial charge in [-0.2, -0.15) is 0 Å². The molecule has 4 rings (SSSR count). The van der Waals surface area contributed by atoms with Gasteiger partial charge in [-0.15, -0.1) is 0 Å². The Balaban J connectivity index is 1.36. The molecule has 1 fully saturated rings. The van der Waals surface area contributed by atoms with E-state index in [0.717, 1.165) is 54.8 Å². The first-order valence-electron chi connectivity index (χ1n) is 11.0. The molecule has 164 valence electrons. The number of hydrogen-bond donors (Lipinski definition) is 3. The van der Waals surface area contributed by atoms with Crippen molar-refractivity contribution >= 4 is 22.6 Å². The molecule has 1 saturated heterocycles. The lowest BCUT2D eigenvalue weighted by atomic mass is 9.93. The van der Waals surface area contributed by atoms with Crippen LogP contribution in [0.3, 0.4) is 0 Å². The number of fused-ring (bicyclic) bond motifs is 1. The molecule has 0 amide bonds. The zero-order valence-corrected chi connectivity index (χ0v) is 18.3.